The summed E-state index contributed by atoms with van der Waals surface area (Å²) in [5, 5.41) is 0. The molecule has 0 aliphatic rings. The van der Waals surface area contributed by atoms with Crippen LogP contribution in [0.4, 0.5) is 4.79 Å². The monoisotopic (exact) mass is 170 g/mol. The van der Waals surface area contributed by atoms with E-state index in [0.29, 0.717) is 0 Å². The molecule has 0 aromatic rings. The molecule has 4 nitrogen and oxygen atoms in total. The van der Waals surface area contributed by atoms with Gasteiger partial charge in [0.25, 0.3) is 4.86 Å². The van der Waals surface area contributed by atoms with Crippen molar-refractivity contribution in [2.45, 2.75) is 0 Å². The molecule has 0 aromatic carbocycles. The van der Waals surface area contributed by atoms with Gasteiger partial charge >= 0.3 is 7.60 Å². The van der Waals surface area contributed by atoms with Gasteiger partial charge in [-0.15, -0.1) is 0 Å². The Labute approximate surface area is 58.5 Å². The maximum atomic E-state index is 10.8. The fourth-order valence-electron chi connectivity index (χ4n) is 0.231. The first-order chi connectivity index (χ1) is 4.06. The van der Waals surface area contributed by atoms with E-state index in [1.807, 2.05) is 0 Å². The summed E-state index contributed by atoms with van der Waals surface area (Å²) in [7, 11) is -1.28. The second-order valence-corrected chi connectivity index (χ2v) is 4.04. The van der Waals surface area contributed by atoms with Gasteiger partial charge in [-0.05, 0) is 0 Å². The van der Waals surface area contributed by atoms with Gasteiger partial charge in [-0.25, -0.2) is 0 Å². The van der Waals surface area contributed by atoms with Crippen molar-refractivity contribution in [1.82, 2.24) is 0 Å². The van der Waals surface area contributed by atoms with Gasteiger partial charge in [0, 0.05) is 14.2 Å². The highest BCUT2D eigenvalue weighted by molar-refractivity contribution is 8.13. The summed E-state index contributed by atoms with van der Waals surface area (Å²) in [6, 6.07) is 0. The van der Waals surface area contributed by atoms with E-state index < -0.39 is 12.5 Å². The van der Waals surface area contributed by atoms with Gasteiger partial charge in [0.15, 0.2) is 0 Å². The van der Waals surface area contributed by atoms with E-state index in [2.05, 4.69) is 21.7 Å². The van der Waals surface area contributed by atoms with Crippen molar-refractivity contribution in [2.75, 3.05) is 14.2 Å². The molecule has 0 rings (SSSR count). The third kappa shape index (κ3) is 2.10. The van der Waals surface area contributed by atoms with E-state index in [0.717, 1.165) is 14.2 Å². The highest BCUT2D eigenvalue weighted by Crippen LogP contribution is 2.48. The van der Waals surface area contributed by atoms with Crippen LogP contribution in [0.5, 0.6) is 0 Å². The Morgan fingerprint density at radius 3 is 1.78 bits per heavy atom. The molecule has 0 aromatic heterocycles. The average molecular weight is 170 g/mol. The molecule has 0 heterocycles. The lowest BCUT2D eigenvalue weighted by molar-refractivity contribution is 0.249. The first-order valence-electron chi connectivity index (χ1n) is 2.02. The lowest BCUT2D eigenvalue weighted by Crippen LogP contribution is -1.93. The summed E-state index contributed by atoms with van der Waals surface area (Å²) in [5.41, 5.74) is 0. The molecule has 0 aliphatic heterocycles. The second kappa shape index (κ2) is 3.37. The summed E-state index contributed by atoms with van der Waals surface area (Å²) in [5.74, 6) is 0. The van der Waals surface area contributed by atoms with Gasteiger partial charge in [0.1, 0.15) is 0 Å². The smallest absolute Gasteiger partial charge is 0.306 e. The number of carbonyl (C=O) groups is 1. The first kappa shape index (κ1) is 9.17. The van der Waals surface area contributed by atoms with E-state index in [9.17, 15) is 9.36 Å². The molecule has 0 fully saturated rings. The fraction of sp³-hybridized carbons (Fsp3) is 0.667. The van der Waals surface area contributed by atoms with Gasteiger partial charge < -0.3 is 9.05 Å². The normalized spacial score (nSPS) is 11.4. The van der Waals surface area contributed by atoms with Crippen molar-refractivity contribution < 1.29 is 18.4 Å². The summed E-state index contributed by atoms with van der Waals surface area (Å²) >= 11 is 3.29. The van der Waals surface area contributed by atoms with Crippen molar-refractivity contribution in [3.05, 3.63) is 0 Å². The van der Waals surface area contributed by atoms with Crippen LogP contribution < -0.4 is 0 Å². The van der Waals surface area contributed by atoms with E-state index in [4.69, 9.17) is 0 Å². The summed E-state index contributed by atoms with van der Waals surface area (Å²) < 4.78 is 19.3. The predicted molar refractivity (Wildman–Crippen MR) is 36.0 cm³/mol. The van der Waals surface area contributed by atoms with E-state index in [1.165, 1.54) is 0 Å². The average Bonchev–Trinajstić information content (AvgIpc) is 1.86. The Bertz CT molecular complexity index is 148. The van der Waals surface area contributed by atoms with Crippen LogP contribution in [0.15, 0.2) is 0 Å². The molecular weight excluding hydrogens is 163 g/mol. The van der Waals surface area contributed by atoms with Crippen LogP contribution >= 0.6 is 20.2 Å². The van der Waals surface area contributed by atoms with Gasteiger partial charge in [0.05, 0.1) is 0 Å². The minimum atomic E-state index is -3.53. The maximum absolute atomic E-state index is 10.8. The molecule has 0 unspecified atom stereocenters. The van der Waals surface area contributed by atoms with Crippen LogP contribution in [-0.4, -0.2) is 19.1 Å². The third-order valence-electron chi connectivity index (χ3n) is 0.715. The Kier molecular flexibility index (Phi) is 3.43. The van der Waals surface area contributed by atoms with Gasteiger partial charge in [-0.2, -0.15) is 0 Å². The van der Waals surface area contributed by atoms with Crippen LogP contribution in [0.3, 0.4) is 0 Å². The second-order valence-electron chi connectivity index (χ2n) is 1.15. The molecule has 0 bridgehead atoms. The van der Waals surface area contributed by atoms with Gasteiger partial charge in [0.2, 0.25) is 0 Å². The highest BCUT2D eigenvalue weighted by atomic mass is 32.1. The van der Waals surface area contributed by atoms with Crippen LogP contribution in [-0.2, 0) is 13.6 Å². The third-order valence-corrected chi connectivity index (χ3v) is 2.88. The van der Waals surface area contributed by atoms with Crippen molar-refractivity contribution in [3.8, 4) is 0 Å². The molecule has 0 radical (unpaired) electrons. The molecule has 0 aliphatic carbocycles. The highest BCUT2D eigenvalue weighted by Gasteiger charge is 2.28. The Balaban J connectivity index is 4.30. The number of thiol groups is 1. The Morgan fingerprint density at radius 1 is 1.44 bits per heavy atom. The molecular formula is C3H7O4PS. The Morgan fingerprint density at radius 2 is 1.78 bits per heavy atom. The zero-order valence-corrected chi connectivity index (χ0v) is 6.82. The zero-order valence-electron chi connectivity index (χ0n) is 5.03. The standard InChI is InChI=1S/C3H7O4PS/c1-6-8(5,7-2)3(4)9/h1-2H3,(H,4,9). The molecule has 54 valence electrons. The van der Waals surface area contributed by atoms with E-state index in [1.54, 1.807) is 0 Å². The molecule has 6 heteroatoms. The van der Waals surface area contributed by atoms with Crippen LogP contribution in [0.1, 0.15) is 0 Å². The molecule has 0 saturated heterocycles. The quantitative estimate of drug-likeness (QED) is 0.515. The van der Waals surface area contributed by atoms with Crippen LogP contribution in [0.25, 0.3) is 0 Å². The molecule has 0 atom stereocenters. The SMILES string of the molecule is COP(=O)(OC)C(=O)S. The van der Waals surface area contributed by atoms with E-state index >= 15 is 0 Å². The van der Waals surface area contributed by atoms with Crippen molar-refractivity contribution in [1.29, 1.82) is 0 Å². The molecule has 0 amide bonds. The summed E-state index contributed by atoms with van der Waals surface area (Å²) in [4.78, 5) is 9.40. The van der Waals surface area contributed by atoms with Crippen LogP contribution in [0, 0.1) is 0 Å². The lowest BCUT2D eigenvalue weighted by atomic mass is 11.8. The van der Waals surface area contributed by atoms with Crippen molar-refractivity contribution >= 4 is 25.1 Å². The largest absolute Gasteiger partial charge is 0.406 e. The van der Waals surface area contributed by atoms with Gasteiger partial charge in [-0.1, -0.05) is 12.6 Å². The molecule has 0 spiro atoms. The topological polar surface area (TPSA) is 52.6 Å². The number of hydrogen-bond donors (Lipinski definition) is 1. The number of rotatable bonds is 3. The zero-order chi connectivity index (χ0) is 7.49. The predicted octanol–water partition coefficient (Wildman–Crippen LogP) is 1.52. The van der Waals surface area contributed by atoms with Gasteiger partial charge in [-0.3, -0.25) is 9.36 Å². The van der Waals surface area contributed by atoms with Crippen molar-refractivity contribution in [3.63, 3.8) is 0 Å². The first-order valence-corrected chi connectivity index (χ1v) is 4.01. The Hall–Kier alpha value is 0.170. The number of hydrogen-bond acceptors (Lipinski definition) is 4. The molecule has 0 saturated carbocycles. The number of carbonyl (C=O) groups excluding carboxylic acids is 1. The maximum Gasteiger partial charge on any atom is 0.406 e. The van der Waals surface area contributed by atoms with E-state index in [-0.39, 0.29) is 0 Å². The summed E-state index contributed by atoms with van der Waals surface area (Å²) in [6.45, 7) is 0. The minimum absolute atomic E-state index is 0.882. The fourth-order valence-corrected chi connectivity index (χ4v) is 1.18. The van der Waals surface area contributed by atoms with Crippen molar-refractivity contribution in [2.24, 2.45) is 0 Å². The van der Waals surface area contributed by atoms with Crippen LogP contribution in [0.2, 0.25) is 0 Å². The molecule has 0 N–H and O–H groups in total. The minimum Gasteiger partial charge on any atom is -0.306 e. The summed E-state index contributed by atoms with van der Waals surface area (Å²) in [6.07, 6.45) is 0. The molecule has 9 heavy (non-hydrogen) atoms. The lowest BCUT2D eigenvalue weighted by Gasteiger charge is -2.06.